The highest BCUT2D eigenvalue weighted by Gasteiger charge is 2.30. The third kappa shape index (κ3) is 3.68. The highest BCUT2D eigenvalue weighted by molar-refractivity contribution is 7.89. The SMILES string of the molecule is O=C(Nc1nc2c(s1)CN(S(=O)(=O)c1ccccc1)CC2)c1ccc(F)cc1. The van der Waals surface area contributed by atoms with Crippen LogP contribution in [0.25, 0.3) is 0 Å². The largest absolute Gasteiger partial charge is 0.298 e. The summed E-state index contributed by atoms with van der Waals surface area (Å²) < 4.78 is 40.0. The molecule has 0 aliphatic carbocycles. The number of fused-ring (bicyclic) bond motifs is 1. The zero-order valence-electron chi connectivity index (χ0n) is 14.6. The van der Waals surface area contributed by atoms with Crippen molar-refractivity contribution < 1.29 is 17.6 Å². The number of benzene rings is 2. The molecule has 1 aliphatic heterocycles. The monoisotopic (exact) mass is 417 g/mol. The second-order valence-electron chi connectivity index (χ2n) is 6.25. The van der Waals surface area contributed by atoms with E-state index in [1.54, 1.807) is 30.3 Å². The number of nitrogens with one attached hydrogen (secondary N) is 1. The molecular formula is C19H16FN3O3S2. The van der Waals surface area contributed by atoms with E-state index >= 15 is 0 Å². The summed E-state index contributed by atoms with van der Waals surface area (Å²) in [4.78, 5) is 17.8. The molecule has 2 heterocycles. The predicted molar refractivity (Wildman–Crippen MR) is 104 cm³/mol. The van der Waals surface area contributed by atoms with Crippen LogP contribution >= 0.6 is 11.3 Å². The van der Waals surface area contributed by atoms with E-state index in [-0.39, 0.29) is 17.3 Å². The number of carbonyl (C=O) groups excluding carboxylic acids is 1. The molecule has 0 radical (unpaired) electrons. The van der Waals surface area contributed by atoms with E-state index in [9.17, 15) is 17.6 Å². The molecule has 0 saturated carbocycles. The zero-order valence-corrected chi connectivity index (χ0v) is 16.3. The fraction of sp³-hybridized carbons (Fsp3) is 0.158. The van der Waals surface area contributed by atoms with Gasteiger partial charge in [0.1, 0.15) is 5.82 Å². The number of amides is 1. The Morgan fingerprint density at radius 1 is 1.11 bits per heavy atom. The van der Waals surface area contributed by atoms with Crippen LogP contribution in [-0.2, 0) is 23.0 Å². The molecule has 28 heavy (non-hydrogen) atoms. The summed E-state index contributed by atoms with van der Waals surface area (Å²) >= 11 is 1.25. The normalized spacial score (nSPS) is 14.5. The van der Waals surface area contributed by atoms with Crippen molar-refractivity contribution in [3.05, 3.63) is 76.5 Å². The minimum atomic E-state index is -3.58. The summed E-state index contributed by atoms with van der Waals surface area (Å²) in [5, 5.41) is 3.10. The van der Waals surface area contributed by atoms with Crippen LogP contribution in [-0.4, -0.2) is 30.2 Å². The Kier molecular flexibility index (Phi) is 4.96. The van der Waals surface area contributed by atoms with Gasteiger partial charge in [-0.05, 0) is 36.4 Å². The van der Waals surface area contributed by atoms with Crippen LogP contribution in [0.2, 0.25) is 0 Å². The van der Waals surface area contributed by atoms with E-state index < -0.39 is 15.8 Å². The Morgan fingerprint density at radius 3 is 2.54 bits per heavy atom. The van der Waals surface area contributed by atoms with Crippen LogP contribution in [0.15, 0.2) is 59.5 Å². The first kappa shape index (κ1) is 18.7. The fourth-order valence-corrected chi connectivity index (χ4v) is 5.47. The lowest BCUT2D eigenvalue weighted by Gasteiger charge is -2.25. The molecule has 0 bridgehead atoms. The number of sulfonamides is 1. The Morgan fingerprint density at radius 2 is 1.82 bits per heavy atom. The van der Waals surface area contributed by atoms with Crippen LogP contribution in [0, 0.1) is 5.82 Å². The van der Waals surface area contributed by atoms with Gasteiger partial charge in [-0.2, -0.15) is 4.31 Å². The number of hydrogen-bond acceptors (Lipinski definition) is 5. The van der Waals surface area contributed by atoms with Crippen molar-refractivity contribution in [1.29, 1.82) is 0 Å². The van der Waals surface area contributed by atoms with Crippen molar-refractivity contribution in [2.75, 3.05) is 11.9 Å². The van der Waals surface area contributed by atoms with E-state index in [1.807, 2.05) is 0 Å². The van der Waals surface area contributed by atoms with Crippen LogP contribution in [0.1, 0.15) is 20.9 Å². The maximum absolute atomic E-state index is 13.0. The summed E-state index contributed by atoms with van der Waals surface area (Å²) in [7, 11) is -3.58. The summed E-state index contributed by atoms with van der Waals surface area (Å²) in [6.07, 6.45) is 0.477. The molecule has 1 aliphatic rings. The van der Waals surface area contributed by atoms with Gasteiger partial charge in [-0.3, -0.25) is 10.1 Å². The lowest BCUT2D eigenvalue weighted by Crippen LogP contribution is -2.35. The van der Waals surface area contributed by atoms with Gasteiger partial charge in [0.25, 0.3) is 5.91 Å². The van der Waals surface area contributed by atoms with Crippen molar-refractivity contribution in [2.45, 2.75) is 17.9 Å². The third-order valence-corrected chi connectivity index (χ3v) is 7.26. The average Bonchev–Trinajstić information content (AvgIpc) is 3.10. The number of anilines is 1. The minimum absolute atomic E-state index is 0.219. The lowest BCUT2D eigenvalue weighted by molar-refractivity contribution is 0.102. The number of aromatic nitrogens is 1. The van der Waals surface area contributed by atoms with Gasteiger partial charge in [0, 0.05) is 23.4 Å². The van der Waals surface area contributed by atoms with Crippen molar-refractivity contribution in [3.8, 4) is 0 Å². The summed E-state index contributed by atoms with van der Waals surface area (Å²) in [5.74, 6) is -0.805. The first-order chi connectivity index (χ1) is 13.4. The summed E-state index contributed by atoms with van der Waals surface area (Å²) in [5.41, 5.74) is 1.11. The molecular weight excluding hydrogens is 401 g/mol. The Bertz CT molecular complexity index is 1110. The van der Waals surface area contributed by atoms with E-state index in [0.717, 1.165) is 10.6 Å². The van der Waals surface area contributed by atoms with Gasteiger partial charge in [-0.1, -0.05) is 18.2 Å². The fourth-order valence-electron chi connectivity index (χ4n) is 2.94. The standard InChI is InChI=1S/C19H16FN3O3S2/c20-14-8-6-13(7-9-14)18(24)22-19-21-16-10-11-23(12-17(16)27-19)28(25,26)15-4-2-1-3-5-15/h1-9H,10-12H2,(H,21,22,24). The van der Waals surface area contributed by atoms with E-state index in [0.29, 0.717) is 23.7 Å². The Labute approximate surface area is 165 Å². The van der Waals surface area contributed by atoms with Crippen LogP contribution in [0.5, 0.6) is 0 Å². The van der Waals surface area contributed by atoms with Crippen molar-refractivity contribution in [1.82, 2.24) is 9.29 Å². The molecule has 1 aromatic heterocycles. The molecule has 6 nitrogen and oxygen atoms in total. The van der Waals surface area contributed by atoms with Crippen LogP contribution in [0.4, 0.5) is 9.52 Å². The highest BCUT2D eigenvalue weighted by atomic mass is 32.2. The van der Waals surface area contributed by atoms with E-state index in [2.05, 4.69) is 10.3 Å². The van der Waals surface area contributed by atoms with Crippen molar-refractivity contribution in [3.63, 3.8) is 0 Å². The maximum atomic E-state index is 13.0. The predicted octanol–water partition coefficient (Wildman–Crippen LogP) is 3.28. The second kappa shape index (κ2) is 7.42. The Hall–Kier alpha value is -2.62. The lowest BCUT2D eigenvalue weighted by atomic mass is 10.2. The molecule has 1 N–H and O–H groups in total. The van der Waals surface area contributed by atoms with E-state index in [1.165, 1.54) is 39.9 Å². The van der Waals surface area contributed by atoms with E-state index in [4.69, 9.17) is 0 Å². The van der Waals surface area contributed by atoms with Gasteiger partial charge in [-0.15, -0.1) is 11.3 Å². The van der Waals surface area contributed by atoms with Crippen molar-refractivity contribution >= 4 is 32.4 Å². The molecule has 1 amide bonds. The van der Waals surface area contributed by atoms with Gasteiger partial charge in [0.2, 0.25) is 10.0 Å². The molecule has 4 rings (SSSR count). The number of halogens is 1. The molecule has 0 atom stereocenters. The van der Waals surface area contributed by atoms with Crippen molar-refractivity contribution in [2.24, 2.45) is 0 Å². The molecule has 0 unspecified atom stereocenters. The van der Waals surface area contributed by atoms with Crippen LogP contribution < -0.4 is 5.32 Å². The zero-order chi connectivity index (χ0) is 19.7. The first-order valence-corrected chi connectivity index (χ1v) is 10.8. The maximum Gasteiger partial charge on any atom is 0.257 e. The molecule has 3 aromatic rings. The van der Waals surface area contributed by atoms with Gasteiger partial charge in [0.15, 0.2) is 5.13 Å². The number of thiazole rings is 1. The number of hydrogen-bond donors (Lipinski definition) is 1. The number of carbonyl (C=O) groups is 1. The Balaban J connectivity index is 1.51. The molecule has 0 fully saturated rings. The van der Waals surface area contributed by atoms with Gasteiger partial charge in [0.05, 0.1) is 17.1 Å². The summed E-state index contributed by atoms with van der Waals surface area (Å²) in [6, 6.07) is 13.5. The summed E-state index contributed by atoms with van der Waals surface area (Å²) in [6.45, 7) is 0.552. The molecule has 144 valence electrons. The number of nitrogens with zero attached hydrogens (tertiary/aromatic N) is 2. The van der Waals surface area contributed by atoms with Gasteiger partial charge >= 0.3 is 0 Å². The van der Waals surface area contributed by atoms with Gasteiger partial charge in [-0.25, -0.2) is 17.8 Å². The molecule has 2 aromatic carbocycles. The average molecular weight is 417 g/mol. The second-order valence-corrected chi connectivity index (χ2v) is 9.27. The molecule has 0 saturated heterocycles. The minimum Gasteiger partial charge on any atom is -0.298 e. The van der Waals surface area contributed by atoms with Crippen LogP contribution in [0.3, 0.4) is 0 Å². The van der Waals surface area contributed by atoms with Gasteiger partial charge < -0.3 is 0 Å². The quantitative estimate of drug-likeness (QED) is 0.707. The third-order valence-electron chi connectivity index (χ3n) is 4.40. The first-order valence-electron chi connectivity index (χ1n) is 8.54. The topological polar surface area (TPSA) is 79.4 Å². The molecule has 0 spiro atoms. The number of rotatable bonds is 4. The highest BCUT2D eigenvalue weighted by Crippen LogP contribution is 2.31. The molecule has 9 heteroatoms. The smallest absolute Gasteiger partial charge is 0.257 e.